The molecule has 10 heteroatoms. The Morgan fingerprint density at radius 2 is 1.89 bits per heavy atom. The van der Waals surface area contributed by atoms with Gasteiger partial charge in [-0.05, 0) is 18.2 Å². The maximum atomic E-state index is 11.1. The number of pyridine rings is 1. The molecule has 0 aliphatic carbocycles. The first-order chi connectivity index (χ1) is 13.0. The fourth-order valence-corrected chi connectivity index (χ4v) is 3.11. The minimum absolute atomic E-state index is 0.0352. The summed E-state index contributed by atoms with van der Waals surface area (Å²) in [5.74, 6) is 0.992. The maximum absolute atomic E-state index is 11.1. The van der Waals surface area contributed by atoms with Crippen LogP contribution in [0.25, 0.3) is 11.0 Å². The van der Waals surface area contributed by atoms with Crippen LogP contribution in [0.2, 0.25) is 0 Å². The number of non-ortho nitro benzene ring substituents is 1. The van der Waals surface area contributed by atoms with E-state index in [1.54, 1.807) is 18.2 Å². The van der Waals surface area contributed by atoms with Crippen LogP contribution in [-0.2, 0) is 0 Å². The number of rotatable bonds is 4. The van der Waals surface area contributed by atoms with E-state index in [-0.39, 0.29) is 5.69 Å². The number of nitro benzene ring substituents is 1. The van der Waals surface area contributed by atoms with Gasteiger partial charge in [0.25, 0.3) is 5.69 Å². The highest BCUT2D eigenvalue weighted by atomic mass is 16.6. The molecule has 0 spiro atoms. The molecule has 138 valence electrons. The van der Waals surface area contributed by atoms with Gasteiger partial charge in [0.15, 0.2) is 0 Å². The number of amides is 1. The van der Waals surface area contributed by atoms with Gasteiger partial charge in [-0.1, -0.05) is 0 Å². The molecule has 4 rings (SSSR count). The SMILES string of the molecule is NC(=O)c1ccc(N2CCN(c3nc4ccc([N+](=O)[O-])cc4[nH]3)CC2)nc1. The number of nitrogens with zero attached hydrogens (tertiary/aromatic N) is 5. The number of fused-ring (bicyclic) bond motifs is 1. The fraction of sp³-hybridized carbons (Fsp3) is 0.235. The molecule has 0 bridgehead atoms. The zero-order valence-electron chi connectivity index (χ0n) is 14.3. The van der Waals surface area contributed by atoms with Crippen molar-refractivity contribution in [3.05, 3.63) is 52.2 Å². The third-order valence-corrected chi connectivity index (χ3v) is 4.60. The third kappa shape index (κ3) is 3.24. The quantitative estimate of drug-likeness (QED) is 0.524. The number of carbonyl (C=O) groups excluding carboxylic acids is 1. The van der Waals surface area contributed by atoms with E-state index < -0.39 is 10.8 Å². The van der Waals surface area contributed by atoms with Gasteiger partial charge in [0.1, 0.15) is 5.82 Å². The van der Waals surface area contributed by atoms with Crippen molar-refractivity contribution in [3.63, 3.8) is 0 Å². The zero-order valence-corrected chi connectivity index (χ0v) is 14.3. The number of nitrogens with one attached hydrogen (secondary N) is 1. The predicted octanol–water partition coefficient (Wildman–Crippen LogP) is 1.29. The highest BCUT2D eigenvalue weighted by Gasteiger charge is 2.21. The predicted molar refractivity (Wildman–Crippen MR) is 99.9 cm³/mol. The highest BCUT2D eigenvalue weighted by molar-refractivity contribution is 5.92. The molecule has 0 atom stereocenters. The summed E-state index contributed by atoms with van der Waals surface area (Å²) >= 11 is 0. The summed E-state index contributed by atoms with van der Waals surface area (Å²) in [6.07, 6.45) is 1.48. The summed E-state index contributed by atoms with van der Waals surface area (Å²) in [5.41, 5.74) is 6.99. The van der Waals surface area contributed by atoms with Crippen LogP contribution >= 0.6 is 0 Å². The molecule has 1 fully saturated rings. The molecule has 0 saturated carbocycles. The van der Waals surface area contributed by atoms with Crippen LogP contribution < -0.4 is 15.5 Å². The van der Waals surface area contributed by atoms with E-state index in [0.717, 1.165) is 32.0 Å². The van der Waals surface area contributed by atoms with Crippen LogP contribution in [0.15, 0.2) is 36.5 Å². The molecule has 3 aromatic rings. The average molecular weight is 367 g/mol. The molecule has 10 nitrogen and oxygen atoms in total. The molecule has 3 N–H and O–H groups in total. The summed E-state index contributed by atoms with van der Waals surface area (Å²) < 4.78 is 0. The van der Waals surface area contributed by atoms with Crippen LogP contribution in [0.4, 0.5) is 17.5 Å². The van der Waals surface area contributed by atoms with Crippen LogP contribution in [-0.4, -0.2) is 52.0 Å². The minimum Gasteiger partial charge on any atom is -0.366 e. The van der Waals surface area contributed by atoms with Crippen molar-refractivity contribution in [3.8, 4) is 0 Å². The largest absolute Gasteiger partial charge is 0.366 e. The number of anilines is 2. The lowest BCUT2D eigenvalue weighted by molar-refractivity contribution is -0.384. The highest BCUT2D eigenvalue weighted by Crippen LogP contribution is 2.23. The number of piperazine rings is 1. The van der Waals surface area contributed by atoms with Gasteiger partial charge in [-0.15, -0.1) is 0 Å². The van der Waals surface area contributed by atoms with Crippen molar-refractivity contribution >= 4 is 34.4 Å². The van der Waals surface area contributed by atoms with E-state index in [4.69, 9.17) is 5.73 Å². The van der Waals surface area contributed by atoms with Crippen molar-refractivity contribution in [1.82, 2.24) is 15.0 Å². The number of aromatic amines is 1. The third-order valence-electron chi connectivity index (χ3n) is 4.60. The number of aromatic nitrogens is 3. The number of imidazole rings is 1. The molecule has 0 radical (unpaired) electrons. The molecule has 1 saturated heterocycles. The normalized spacial score (nSPS) is 14.5. The zero-order chi connectivity index (χ0) is 19.0. The Labute approximate surface area is 153 Å². The summed E-state index contributed by atoms with van der Waals surface area (Å²) in [6.45, 7) is 2.92. The molecule has 1 aromatic carbocycles. The molecule has 27 heavy (non-hydrogen) atoms. The van der Waals surface area contributed by atoms with Crippen molar-refractivity contribution < 1.29 is 9.72 Å². The van der Waals surface area contributed by atoms with E-state index in [2.05, 4.69) is 24.8 Å². The number of benzene rings is 1. The van der Waals surface area contributed by atoms with Crippen LogP contribution in [0.5, 0.6) is 0 Å². The molecule has 1 amide bonds. The number of nitro groups is 1. The molecular formula is C17H17N7O3. The van der Waals surface area contributed by atoms with Gasteiger partial charge in [-0.2, -0.15) is 0 Å². The Morgan fingerprint density at radius 3 is 2.52 bits per heavy atom. The molecule has 3 heterocycles. The van der Waals surface area contributed by atoms with Crippen molar-refractivity contribution in [2.24, 2.45) is 5.73 Å². The summed E-state index contributed by atoms with van der Waals surface area (Å²) in [7, 11) is 0. The first-order valence-corrected chi connectivity index (χ1v) is 8.41. The van der Waals surface area contributed by atoms with E-state index in [1.807, 2.05) is 0 Å². The number of nitrogens with two attached hydrogens (primary N) is 1. The second kappa shape index (κ2) is 6.56. The number of H-pyrrole nitrogens is 1. The van der Waals surface area contributed by atoms with Gasteiger partial charge in [0.05, 0.1) is 21.5 Å². The Hall–Kier alpha value is -3.69. The molecule has 1 aliphatic heterocycles. The monoisotopic (exact) mass is 367 g/mol. The van der Waals surface area contributed by atoms with Gasteiger partial charge in [-0.3, -0.25) is 14.9 Å². The lowest BCUT2D eigenvalue weighted by Gasteiger charge is -2.35. The van der Waals surface area contributed by atoms with Crippen LogP contribution in [0.3, 0.4) is 0 Å². The van der Waals surface area contributed by atoms with Crippen LogP contribution in [0.1, 0.15) is 10.4 Å². The van der Waals surface area contributed by atoms with E-state index >= 15 is 0 Å². The summed E-state index contributed by atoms with van der Waals surface area (Å²) in [4.78, 5) is 37.8. The van der Waals surface area contributed by atoms with Gasteiger partial charge in [-0.25, -0.2) is 9.97 Å². The van der Waals surface area contributed by atoms with Crippen molar-refractivity contribution in [2.45, 2.75) is 0 Å². The topological polar surface area (TPSA) is 134 Å². The van der Waals surface area contributed by atoms with Gasteiger partial charge >= 0.3 is 0 Å². The Balaban J connectivity index is 1.46. The number of hydrogen-bond acceptors (Lipinski definition) is 7. The Morgan fingerprint density at radius 1 is 1.15 bits per heavy atom. The van der Waals surface area contributed by atoms with Gasteiger partial charge in [0.2, 0.25) is 11.9 Å². The fourth-order valence-electron chi connectivity index (χ4n) is 3.11. The lowest BCUT2D eigenvalue weighted by Crippen LogP contribution is -2.47. The van der Waals surface area contributed by atoms with E-state index in [1.165, 1.54) is 18.3 Å². The maximum Gasteiger partial charge on any atom is 0.271 e. The van der Waals surface area contributed by atoms with Crippen molar-refractivity contribution in [1.29, 1.82) is 0 Å². The first-order valence-electron chi connectivity index (χ1n) is 8.41. The second-order valence-electron chi connectivity index (χ2n) is 6.26. The smallest absolute Gasteiger partial charge is 0.271 e. The van der Waals surface area contributed by atoms with Crippen molar-refractivity contribution in [2.75, 3.05) is 36.0 Å². The second-order valence-corrected chi connectivity index (χ2v) is 6.26. The summed E-state index contributed by atoms with van der Waals surface area (Å²) in [5, 5.41) is 10.9. The van der Waals surface area contributed by atoms with E-state index in [9.17, 15) is 14.9 Å². The standard InChI is InChI=1S/C17H17N7O3/c18-16(25)11-1-4-15(19-10-11)22-5-7-23(8-6-22)17-20-13-3-2-12(24(26)27)9-14(13)21-17/h1-4,9-10H,5-8H2,(H2,18,25)(H,20,21). The lowest BCUT2D eigenvalue weighted by atomic mass is 10.2. The first kappa shape index (κ1) is 16.8. The van der Waals surface area contributed by atoms with Crippen LogP contribution in [0, 0.1) is 10.1 Å². The van der Waals surface area contributed by atoms with Gasteiger partial charge < -0.3 is 20.5 Å². The molecule has 0 unspecified atom stereocenters. The Bertz CT molecular complexity index is 1010. The summed E-state index contributed by atoms with van der Waals surface area (Å²) in [6, 6.07) is 8.05. The number of primary amides is 1. The minimum atomic E-state index is -0.496. The number of hydrogen-bond donors (Lipinski definition) is 2. The average Bonchev–Trinajstić information content (AvgIpc) is 3.11. The number of carbonyl (C=O) groups is 1. The molecule has 1 aliphatic rings. The van der Waals surface area contributed by atoms with Gasteiger partial charge in [0, 0.05) is 44.5 Å². The van der Waals surface area contributed by atoms with E-state index in [0.29, 0.717) is 22.5 Å². The molecule has 2 aromatic heterocycles. The molecular weight excluding hydrogens is 350 g/mol. The Kier molecular flexibility index (Phi) is 4.07.